The highest BCUT2D eigenvalue weighted by Gasteiger charge is 2.45. The van der Waals surface area contributed by atoms with Gasteiger partial charge in [-0.15, -0.1) is 0 Å². The minimum atomic E-state index is -4.11. The second kappa shape index (κ2) is 11.9. The third kappa shape index (κ3) is 6.50. The van der Waals surface area contributed by atoms with Crippen LogP contribution in [0.5, 0.6) is 5.75 Å². The molecule has 0 aliphatic carbocycles. The van der Waals surface area contributed by atoms with Crippen molar-refractivity contribution in [1.29, 1.82) is 0 Å². The average Bonchev–Trinajstić information content (AvgIpc) is 2.93. The van der Waals surface area contributed by atoms with E-state index in [9.17, 15) is 26.0 Å². The number of hydrogen-bond donors (Lipinski definition) is 1. The molecule has 3 aromatic carbocycles. The number of carbonyl (C=O) groups excluding carboxylic acids is 1. The number of benzene rings is 3. The SMILES string of the molecule is CCC(CNC(=O)C1CCS(=O)(=O)CC1)(c1ccc(OCc2ccccc2)cc1)S(=O)(=O)c1ccc(F)cc1. The van der Waals surface area contributed by atoms with E-state index in [0.717, 1.165) is 17.7 Å². The van der Waals surface area contributed by atoms with E-state index in [1.54, 1.807) is 31.2 Å². The fourth-order valence-electron chi connectivity index (χ4n) is 4.83. The fraction of sp³-hybridized carbons (Fsp3) is 0.345. The highest BCUT2D eigenvalue weighted by molar-refractivity contribution is 7.92. The Hall–Kier alpha value is -3.24. The number of ether oxygens (including phenoxy) is 1. The van der Waals surface area contributed by atoms with Gasteiger partial charge in [0.25, 0.3) is 0 Å². The van der Waals surface area contributed by atoms with E-state index in [1.807, 2.05) is 30.3 Å². The molecular formula is C29H32FNO6S2. The van der Waals surface area contributed by atoms with Crippen LogP contribution in [0.1, 0.15) is 37.3 Å². The molecule has 39 heavy (non-hydrogen) atoms. The van der Waals surface area contributed by atoms with Crippen LogP contribution in [0.2, 0.25) is 0 Å². The second-order valence-corrected chi connectivity index (χ2v) is 14.3. The van der Waals surface area contributed by atoms with Crippen LogP contribution in [0.4, 0.5) is 4.39 Å². The standard InChI is InChI=1S/C29H32FNO6S2/c1-2-29(39(35,36)27-14-10-25(30)11-15-27,21-31-28(32)23-16-18-38(33,34)19-17-23)24-8-12-26(13-9-24)37-20-22-6-4-3-5-7-22/h3-15,23H,2,16-21H2,1H3,(H,31,32). The normalized spacial score (nSPS) is 17.2. The number of nitrogens with one attached hydrogen (secondary N) is 1. The molecule has 1 aliphatic heterocycles. The third-order valence-corrected chi connectivity index (χ3v) is 11.6. The van der Waals surface area contributed by atoms with Gasteiger partial charge in [0, 0.05) is 12.5 Å². The summed E-state index contributed by atoms with van der Waals surface area (Å²) < 4.78 is 69.7. The number of amides is 1. The highest BCUT2D eigenvalue weighted by atomic mass is 32.2. The summed E-state index contributed by atoms with van der Waals surface area (Å²) in [5, 5.41) is 2.80. The zero-order chi connectivity index (χ0) is 28.1. The van der Waals surface area contributed by atoms with Gasteiger partial charge >= 0.3 is 0 Å². The van der Waals surface area contributed by atoms with Crippen LogP contribution in [-0.4, -0.2) is 40.8 Å². The lowest BCUT2D eigenvalue weighted by molar-refractivity contribution is -0.125. The van der Waals surface area contributed by atoms with Crippen molar-refractivity contribution in [3.05, 3.63) is 95.8 Å². The van der Waals surface area contributed by atoms with Gasteiger partial charge in [-0.3, -0.25) is 4.79 Å². The molecule has 4 rings (SSSR count). The number of halogens is 1. The van der Waals surface area contributed by atoms with E-state index in [1.165, 1.54) is 12.1 Å². The molecule has 0 aromatic heterocycles. The topological polar surface area (TPSA) is 107 Å². The van der Waals surface area contributed by atoms with Crippen LogP contribution in [0.3, 0.4) is 0 Å². The van der Waals surface area contributed by atoms with Crippen molar-refractivity contribution >= 4 is 25.6 Å². The number of carbonyl (C=O) groups is 1. The van der Waals surface area contributed by atoms with Crippen molar-refractivity contribution in [3.63, 3.8) is 0 Å². The van der Waals surface area contributed by atoms with Gasteiger partial charge in [-0.1, -0.05) is 49.4 Å². The molecule has 0 saturated carbocycles. The Bertz CT molecular complexity index is 1480. The van der Waals surface area contributed by atoms with Gasteiger partial charge in [0.15, 0.2) is 9.84 Å². The van der Waals surface area contributed by atoms with Crippen molar-refractivity contribution in [2.24, 2.45) is 5.92 Å². The summed E-state index contributed by atoms with van der Waals surface area (Å²) in [7, 11) is -7.26. The van der Waals surface area contributed by atoms with Crippen LogP contribution in [0.15, 0.2) is 83.8 Å². The van der Waals surface area contributed by atoms with Crippen LogP contribution in [-0.2, 0) is 35.8 Å². The van der Waals surface area contributed by atoms with E-state index in [0.29, 0.717) is 17.9 Å². The van der Waals surface area contributed by atoms with E-state index >= 15 is 0 Å². The average molecular weight is 574 g/mol. The van der Waals surface area contributed by atoms with E-state index in [4.69, 9.17) is 4.74 Å². The van der Waals surface area contributed by atoms with Crippen LogP contribution >= 0.6 is 0 Å². The molecule has 10 heteroatoms. The smallest absolute Gasteiger partial charge is 0.223 e. The predicted molar refractivity (Wildman–Crippen MR) is 147 cm³/mol. The minimum absolute atomic E-state index is 0.0619. The number of hydrogen-bond acceptors (Lipinski definition) is 6. The summed E-state index contributed by atoms with van der Waals surface area (Å²) in [4.78, 5) is 13.0. The van der Waals surface area contributed by atoms with Crippen molar-refractivity contribution in [1.82, 2.24) is 5.32 Å². The first kappa shape index (κ1) is 28.8. The summed E-state index contributed by atoms with van der Waals surface area (Å²) in [5.41, 5.74) is 1.44. The Morgan fingerprint density at radius 3 is 2.18 bits per heavy atom. The lowest BCUT2D eigenvalue weighted by Gasteiger charge is -2.34. The molecule has 0 bridgehead atoms. The molecule has 1 aliphatic rings. The van der Waals surface area contributed by atoms with Gasteiger partial charge in [-0.05, 0) is 66.8 Å². The van der Waals surface area contributed by atoms with Gasteiger partial charge < -0.3 is 10.1 Å². The maximum Gasteiger partial charge on any atom is 0.223 e. The Morgan fingerprint density at radius 1 is 0.974 bits per heavy atom. The van der Waals surface area contributed by atoms with E-state index in [2.05, 4.69) is 5.32 Å². The Balaban J connectivity index is 1.62. The number of rotatable bonds is 10. The van der Waals surface area contributed by atoms with Crippen LogP contribution in [0, 0.1) is 11.7 Å². The molecular weight excluding hydrogens is 541 g/mol. The fourth-order valence-corrected chi connectivity index (χ4v) is 8.36. The third-order valence-electron chi connectivity index (χ3n) is 7.31. The lowest BCUT2D eigenvalue weighted by atomic mass is 9.94. The molecule has 1 saturated heterocycles. The largest absolute Gasteiger partial charge is 0.489 e. The summed E-state index contributed by atoms with van der Waals surface area (Å²) >= 11 is 0. The van der Waals surface area contributed by atoms with Gasteiger partial charge in [-0.2, -0.15) is 0 Å². The Morgan fingerprint density at radius 2 is 1.59 bits per heavy atom. The minimum Gasteiger partial charge on any atom is -0.489 e. The monoisotopic (exact) mass is 573 g/mol. The van der Waals surface area contributed by atoms with Gasteiger partial charge in [0.2, 0.25) is 5.91 Å². The summed E-state index contributed by atoms with van der Waals surface area (Å²) in [6.07, 6.45) is 0.521. The Kier molecular flexibility index (Phi) is 8.76. The van der Waals surface area contributed by atoms with Gasteiger partial charge in [0.1, 0.15) is 32.8 Å². The lowest BCUT2D eigenvalue weighted by Crippen LogP contribution is -2.48. The van der Waals surface area contributed by atoms with Crippen molar-refractivity contribution < 1.29 is 30.8 Å². The van der Waals surface area contributed by atoms with Crippen molar-refractivity contribution in [2.75, 3.05) is 18.1 Å². The maximum atomic E-state index is 14.1. The molecule has 1 fully saturated rings. The van der Waals surface area contributed by atoms with E-state index in [-0.39, 0.29) is 48.1 Å². The maximum absolute atomic E-state index is 14.1. The predicted octanol–water partition coefficient (Wildman–Crippen LogP) is 4.42. The summed E-state index contributed by atoms with van der Waals surface area (Å²) in [6.45, 7) is 1.84. The van der Waals surface area contributed by atoms with E-state index < -0.39 is 36.2 Å². The first-order valence-corrected chi connectivity index (χ1v) is 16.1. The first-order valence-electron chi connectivity index (χ1n) is 12.8. The Labute approximate surface area is 229 Å². The molecule has 3 aromatic rings. The molecule has 1 N–H and O–H groups in total. The zero-order valence-electron chi connectivity index (χ0n) is 21.7. The molecule has 0 radical (unpaired) electrons. The number of sulfone groups is 2. The summed E-state index contributed by atoms with van der Waals surface area (Å²) in [5.74, 6) is -1.02. The van der Waals surface area contributed by atoms with Crippen LogP contribution < -0.4 is 10.1 Å². The quantitative estimate of drug-likeness (QED) is 0.360. The second-order valence-electron chi connectivity index (χ2n) is 9.75. The zero-order valence-corrected chi connectivity index (χ0v) is 23.3. The van der Waals surface area contributed by atoms with Crippen LogP contribution in [0.25, 0.3) is 0 Å². The molecule has 1 unspecified atom stereocenters. The summed E-state index contributed by atoms with van der Waals surface area (Å²) in [6, 6.07) is 21.0. The molecule has 1 amide bonds. The molecule has 0 spiro atoms. The molecule has 7 nitrogen and oxygen atoms in total. The van der Waals surface area contributed by atoms with Gasteiger partial charge in [-0.25, -0.2) is 21.2 Å². The molecule has 1 atom stereocenters. The molecule has 208 valence electrons. The van der Waals surface area contributed by atoms with Crippen molar-refractivity contribution in [3.8, 4) is 5.75 Å². The van der Waals surface area contributed by atoms with Gasteiger partial charge in [0.05, 0.1) is 16.4 Å². The first-order chi connectivity index (χ1) is 18.6. The highest BCUT2D eigenvalue weighted by Crippen LogP contribution is 2.39. The van der Waals surface area contributed by atoms with Crippen molar-refractivity contribution in [2.45, 2.75) is 42.4 Å². The molecule has 1 heterocycles.